The Morgan fingerprint density at radius 2 is 1.85 bits per heavy atom. The van der Waals surface area contributed by atoms with Crippen LogP contribution in [0.1, 0.15) is 33.3 Å². The Labute approximate surface area is 161 Å². The highest BCUT2D eigenvalue weighted by atomic mass is 35.5. The number of fused-ring (bicyclic) bond motifs is 1. The third-order valence-corrected chi connectivity index (χ3v) is 4.61. The van der Waals surface area contributed by atoms with Crippen LogP contribution >= 0.6 is 11.6 Å². The smallest absolute Gasteiger partial charge is 0.191 e. The molecule has 2 rings (SSSR count). The van der Waals surface area contributed by atoms with Crippen LogP contribution in [-0.2, 0) is 6.54 Å². The number of nitrogens with zero attached hydrogens (tertiary/aromatic N) is 2. The van der Waals surface area contributed by atoms with Crippen LogP contribution in [-0.4, -0.2) is 56.3 Å². The first-order valence-corrected chi connectivity index (χ1v) is 9.58. The summed E-state index contributed by atoms with van der Waals surface area (Å²) in [4.78, 5) is 6.73. The molecule has 1 aliphatic heterocycles. The third-order valence-electron chi connectivity index (χ3n) is 4.33. The molecule has 6 nitrogen and oxygen atoms in total. The Bertz CT molecular complexity index is 612. The maximum absolute atomic E-state index is 6.29. The second-order valence-electron chi connectivity index (χ2n) is 6.88. The van der Waals surface area contributed by atoms with Crippen LogP contribution in [0.15, 0.2) is 17.1 Å². The van der Waals surface area contributed by atoms with Gasteiger partial charge < -0.3 is 20.1 Å². The quantitative estimate of drug-likeness (QED) is 0.561. The van der Waals surface area contributed by atoms with E-state index in [9.17, 15) is 0 Å². The number of hydrogen-bond donors (Lipinski definition) is 2. The minimum Gasteiger partial charge on any atom is -0.486 e. The first-order chi connectivity index (χ1) is 12.4. The number of guanidine groups is 1. The second kappa shape index (κ2) is 9.88. The molecule has 0 radical (unpaired) electrons. The lowest BCUT2D eigenvalue weighted by Gasteiger charge is -2.30. The maximum atomic E-state index is 6.29. The Hall–Kier alpha value is -1.66. The lowest BCUT2D eigenvalue weighted by Crippen LogP contribution is -2.45. The van der Waals surface area contributed by atoms with Crippen molar-refractivity contribution in [3.05, 3.63) is 22.7 Å². The average Bonchev–Trinajstić information content (AvgIpc) is 2.60. The summed E-state index contributed by atoms with van der Waals surface area (Å²) >= 11 is 6.29. The van der Waals surface area contributed by atoms with Gasteiger partial charge in [0, 0.05) is 38.8 Å². The van der Waals surface area contributed by atoms with Gasteiger partial charge in [0.25, 0.3) is 0 Å². The van der Waals surface area contributed by atoms with Crippen molar-refractivity contribution < 1.29 is 9.47 Å². The largest absolute Gasteiger partial charge is 0.486 e. The van der Waals surface area contributed by atoms with Crippen molar-refractivity contribution in [3.8, 4) is 11.5 Å². The normalized spacial score (nSPS) is 14.3. The maximum Gasteiger partial charge on any atom is 0.191 e. The summed E-state index contributed by atoms with van der Waals surface area (Å²) in [6.45, 7) is 12.4. The average molecular weight is 383 g/mol. The molecule has 0 amide bonds. The number of halogens is 1. The predicted octanol–water partition coefficient (Wildman–Crippen LogP) is 2.90. The van der Waals surface area contributed by atoms with Crippen molar-refractivity contribution in [1.29, 1.82) is 0 Å². The van der Waals surface area contributed by atoms with Crippen molar-refractivity contribution in [2.24, 2.45) is 4.99 Å². The number of ether oxygens (including phenoxy) is 2. The van der Waals surface area contributed by atoms with E-state index in [1.54, 1.807) is 7.05 Å². The van der Waals surface area contributed by atoms with Gasteiger partial charge in [-0.2, -0.15) is 0 Å². The molecular formula is C19H31ClN4O2. The lowest BCUT2D eigenvalue weighted by atomic mass is 10.2. The number of nitrogens with one attached hydrogen (secondary N) is 2. The van der Waals surface area contributed by atoms with Gasteiger partial charge in [0.05, 0.1) is 5.02 Å². The van der Waals surface area contributed by atoms with E-state index < -0.39 is 0 Å². The highest BCUT2D eigenvalue weighted by molar-refractivity contribution is 6.32. The molecule has 0 atom stereocenters. The summed E-state index contributed by atoms with van der Waals surface area (Å²) in [5, 5.41) is 7.26. The molecule has 1 aromatic rings. The Balaban J connectivity index is 1.86. The van der Waals surface area contributed by atoms with Gasteiger partial charge in [-0.1, -0.05) is 11.6 Å². The fourth-order valence-electron chi connectivity index (χ4n) is 3.09. The summed E-state index contributed by atoms with van der Waals surface area (Å²) in [7, 11) is 1.77. The number of aliphatic imine (C=N–C) groups is 1. The molecule has 146 valence electrons. The molecule has 0 fully saturated rings. The topological polar surface area (TPSA) is 58.1 Å². The van der Waals surface area contributed by atoms with E-state index in [1.165, 1.54) is 0 Å². The monoisotopic (exact) mass is 382 g/mol. The van der Waals surface area contributed by atoms with Gasteiger partial charge >= 0.3 is 0 Å². The summed E-state index contributed by atoms with van der Waals surface area (Å²) in [5.74, 6) is 2.10. The highest BCUT2D eigenvalue weighted by Crippen LogP contribution is 2.38. The van der Waals surface area contributed by atoms with Crippen molar-refractivity contribution in [2.75, 3.05) is 33.4 Å². The van der Waals surface area contributed by atoms with E-state index in [0.29, 0.717) is 48.4 Å². The van der Waals surface area contributed by atoms with E-state index in [-0.39, 0.29) is 0 Å². The zero-order valence-corrected chi connectivity index (χ0v) is 17.2. The van der Waals surface area contributed by atoms with Crippen LogP contribution in [0, 0.1) is 0 Å². The molecule has 2 N–H and O–H groups in total. The molecule has 0 aromatic heterocycles. The minimum atomic E-state index is 0.520. The molecule has 26 heavy (non-hydrogen) atoms. The standard InChI is InChI=1S/C19H31ClN4O2/c1-13(2)24(14(3)4)7-6-22-19(21-5)23-12-15-10-16(20)18-17(11-15)25-8-9-26-18/h10-11,13-14H,6-9,12H2,1-5H3,(H2,21,22,23). The van der Waals surface area contributed by atoms with E-state index in [2.05, 4.69) is 48.2 Å². The second-order valence-corrected chi connectivity index (χ2v) is 7.29. The molecule has 0 saturated carbocycles. The molecular weight excluding hydrogens is 352 g/mol. The lowest BCUT2D eigenvalue weighted by molar-refractivity contribution is 0.171. The Morgan fingerprint density at radius 3 is 2.50 bits per heavy atom. The van der Waals surface area contributed by atoms with Crippen molar-refractivity contribution >= 4 is 17.6 Å². The van der Waals surface area contributed by atoms with Gasteiger partial charge in [0.1, 0.15) is 13.2 Å². The molecule has 7 heteroatoms. The fraction of sp³-hybridized carbons (Fsp3) is 0.632. The Morgan fingerprint density at radius 1 is 1.15 bits per heavy atom. The zero-order valence-electron chi connectivity index (χ0n) is 16.4. The first-order valence-electron chi connectivity index (χ1n) is 9.20. The molecule has 0 aliphatic carbocycles. The number of rotatable bonds is 7. The molecule has 1 aromatic carbocycles. The minimum absolute atomic E-state index is 0.520. The molecule has 0 unspecified atom stereocenters. The van der Waals surface area contributed by atoms with Gasteiger partial charge in [-0.25, -0.2) is 0 Å². The Kier molecular flexibility index (Phi) is 7.85. The van der Waals surface area contributed by atoms with E-state index >= 15 is 0 Å². The van der Waals surface area contributed by atoms with Crippen LogP contribution in [0.5, 0.6) is 11.5 Å². The predicted molar refractivity (Wildman–Crippen MR) is 108 cm³/mol. The van der Waals surface area contributed by atoms with E-state index in [1.807, 2.05) is 12.1 Å². The van der Waals surface area contributed by atoms with Gasteiger partial charge in [-0.3, -0.25) is 9.89 Å². The van der Waals surface area contributed by atoms with Crippen molar-refractivity contribution in [3.63, 3.8) is 0 Å². The molecule has 0 saturated heterocycles. The van der Waals surface area contributed by atoms with Crippen molar-refractivity contribution in [1.82, 2.24) is 15.5 Å². The van der Waals surface area contributed by atoms with Crippen LogP contribution in [0.2, 0.25) is 5.02 Å². The molecule has 1 aliphatic rings. The number of hydrogen-bond acceptors (Lipinski definition) is 4. The third kappa shape index (κ3) is 5.68. The van der Waals surface area contributed by atoms with Crippen LogP contribution in [0.4, 0.5) is 0 Å². The SMILES string of the molecule is CN=C(NCCN(C(C)C)C(C)C)NCc1cc(Cl)c2c(c1)OCCO2. The molecule has 1 heterocycles. The van der Waals surface area contributed by atoms with Gasteiger partial charge in [0.15, 0.2) is 17.5 Å². The molecule has 0 spiro atoms. The van der Waals surface area contributed by atoms with Crippen LogP contribution in [0.3, 0.4) is 0 Å². The van der Waals surface area contributed by atoms with Gasteiger partial charge in [0.2, 0.25) is 0 Å². The van der Waals surface area contributed by atoms with Crippen LogP contribution in [0.25, 0.3) is 0 Å². The van der Waals surface area contributed by atoms with Gasteiger partial charge in [-0.15, -0.1) is 0 Å². The first kappa shape index (κ1) is 20.6. The fourth-order valence-corrected chi connectivity index (χ4v) is 3.38. The summed E-state index contributed by atoms with van der Waals surface area (Å²) in [6.07, 6.45) is 0. The summed E-state index contributed by atoms with van der Waals surface area (Å²) in [6, 6.07) is 4.90. The van der Waals surface area contributed by atoms with Gasteiger partial charge in [-0.05, 0) is 45.4 Å². The number of benzene rings is 1. The van der Waals surface area contributed by atoms with Crippen LogP contribution < -0.4 is 20.1 Å². The van der Waals surface area contributed by atoms with E-state index in [4.69, 9.17) is 21.1 Å². The molecule has 0 bridgehead atoms. The summed E-state index contributed by atoms with van der Waals surface area (Å²) < 4.78 is 11.2. The van der Waals surface area contributed by atoms with Crippen molar-refractivity contribution in [2.45, 2.75) is 46.3 Å². The zero-order chi connectivity index (χ0) is 19.1. The summed E-state index contributed by atoms with van der Waals surface area (Å²) in [5.41, 5.74) is 1.02. The highest BCUT2D eigenvalue weighted by Gasteiger charge is 2.17. The van der Waals surface area contributed by atoms with E-state index in [0.717, 1.165) is 24.6 Å².